The van der Waals surface area contributed by atoms with Crippen LogP contribution in [0.4, 0.5) is 9.39 Å². The molecule has 2 aromatic rings. The number of aryl methyl sites for hydroxylation is 1. The predicted octanol–water partition coefficient (Wildman–Crippen LogP) is 2.86. The minimum absolute atomic E-state index is 0.0859. The van der Waals surface area contributed by atoms with E-state index in [-0.39, 0.29) is 20.0 Å². The van der Waals surface area contributed by atoms with Gasteiger partial charge in [-0.25, -0.2) is 9.18 Å². The molecule has 122 valence electrons. The smallest absolute Gasteiger partial charge is 0.343 e. The second kappa shape index (κ2) is 6.51. The van der Waals surface area contributed by atoms with Gasteiger partial charge in [-0.3, -0.25) is 0 Å². The summed E-state index contributed by atoms with van der Waals surface area (Å²) in [5.41, 5.74) is 2.07. The molecule has 1 aromatic carbocycles. The van der Waals surface area contributed by atoms with Gasteiger partial charge < -0.3 is 19.5 Å². The molecule has 1 aliphatic heterocycles. The Morgan fingerprint density at radius 2 is 2.35 bits per heavy atom. The summed E-state index contributed by atoms with van der Waals surface area (Å²) in [4.78, 5) is 12.3. The summed E-state index contributed by atoms with van der Waals surface area (Å²) in [5.74, 6) is -0.418. The largest absolute Gasteiger partial charge is 0.467 e. The molecule has 0 bridgehead atoms. The predicted molar refractivity (Wildman–Crippen MR) is 82.2 cm³/mol. The van der Waals surface area contributed by atoms with Crippen LogP contribution in [0.3, 0.4) is 0 Å². The van der Waals surface area contributed by atoms with Gasteiger partial charge in [0.25, 0.3) is 0 Å². The van der Waals surface area contributed by atoms with Crippen LogP contribution < -0.4 is 10.1 Å². The van der Waals surface area contributed by atoms with Crippen LogP contribution >= 0.6 is 11.5 Å². The van der Waals surface area contributed by atoms with Crippen molar-refractivity contribution in [1.29, 1.82) is 0 Å². The normalized spacial score (nSPS) is 13.2. The fourth-order valence-electron chi connectivity index (χ4n) is 2.36. The van der Waals surface area contributed by atoms with Crippen LogP contribution in [-0.2, 0) is 22.7 Å². The molecule has 3 rings (SSSR count). The number of nitrogens with zero attached hydrogens (tertiary/aromatic N) is 1. The van der Waals surface area contributed by atoms with E-state index in [1.807, 2.05) is 0 Å². The summed E-state index contributed by atoms with van der Waals surface area (Å²) in [7, 11) is 1.71. The first-order valence-corrected chi connectivity index (χ1v) is 7.70. The van der Waals surface area contributed by atoms with Crippen molar-refractivity contribution in [2.75, 3.05) is 19.2 Å². The minimum Gasteiger partial charge on any atom is -0.467 e. The fraction of sp³-hybridized carbons (Fsp3) is 0.333. The van der Waals surface area contributed by atoms with Gasteiger partial charge in [-0.2, -0.15) is 4.37 Å². The van der Waals surface area contributed by atoms with E-state index in [0.717, 1.165) is 0 Å². The van der Waals surface area contributed by atoms with Crippen LogP contribution in [0.5, 0.6) is 5.75 Å². The summed E-state index contributed by atoms with van der Waals surface area (Å²) in [6.45, 7) is 2.01. The lowest BCUT2D eigenvalue weighted by Crippen LogP contribution is -2.15. The number of halogens is 1. The minimum atomic E-state index is -0.509. The Balaban J connectivity index is 1.79. The van der Waals surface area contributed by atoms with E-state index >= 15 is 0 Å². The van der Waals surface area contributed by atoms with Gasteiger partial charge in [0.15, 0.2) is 6.79 Å². The molecule has 0 amide bonds. The lowest BCUT2D eigenvalue weighted by atomic mass is 10.1. The third-order valence-electron chi connectivity index (χ3n) is 3.40. The molecule has 6 nitrogen and oxygen atoms in total. The first-order valence-electron chi connectivity index (χ1n) is 6.93. The third-order valence-corrected chi connectivity index (χ3v) is 4.36. The zero-order valence-corrected chi connectivity index (χ0v) is 13.5. The number of benzene rings is 1. The average Bonchev–Trinajstić information content (AvgIpc) is 2.93. The molecule has 0 spiro atoms. The SMILES string of the molecule is CNc1snc(C)c1C(=O)OCc1cc(F)cc2c1OCOC2. The third kappa shape index (κ3) is 3.13. The highest BCUT2D eigenvalue weighted by Gasteiger charge is 2.22. The molecule has 2 heterocycles. The zero-order chi connectivity index (χ0) is 16.4. The summed E-state index contributed by atoms with van der Waals surface area (Å²) in [5, 5.41) is 3.55. The number of carbonyl (C=O) groups excluding carboxylic acids is 1. The van der Waals surface area contributed by atoms with Crippen molar-refractivity contribution < 1.29 is 23.4 Å². The van der Waals surface area contributed by atoms with Gasteiger partial charge in [0.1, 0.15) is 28.7 Å². The first-order chi connectivity index (χ1) is 11.1. The summed E-state index contributed by atoms with van der Waals surface area (Å²) >= 11 is 1.19. The second-order valence-electron chi connectivity index (χ2n) is 4.96. The van der Waals surface area contributed by atoms with E-state index in [9.17, 15) is 9.18 Å². The van der Waals surface area contributed by atoms with E-state index in [2.05, 4.69) is 9.69 Å². The summed E-state index contributed by atoms with van der Waals surface area (Å²) < 4.78 is 33.6. The molecular weight excluding hydrogens is 323 g/mol. The average molecular weight is 338 g/mol. The van der Waals surface area contributed by atoms with Gasteiger partial charge in [0, 0.05) is 18.2 Å². The standard InChI is InChI=1S/C15H15FN2O4S/c1-8-12(14(17-2)23-18-8)15(19)21-6-10-4-11(16)3-9-5-20-7-22-13(9)10/h3-4,17H,5-7H2,1-2H3. The maximum absolute atomic E-state index is 13.7. The van der Waals surface area contributed by atoms with E-state index in [1.54, 1.807) is 14.0 Å². The van der Waals surface area contributed by atoms with Crippen LogP contribution in [-0.4, -0.2) is 24.2 Å². The number of nitrogens with one attached hydrogen (secondary N) is 1. The number of ether oxygens (including phenoxy) is 3. The van der Waals surface area contributed by atoms with E-state index < -0.39 is 11.8 Å². The fourth-order valence-corrected chi connectivity index (χ4v) is 3.09. The highest BCUT2D eigenvalue weighted by atomic mass is 32.1. The maximum atomic E-state index is 13.7. The maximum Gasteiger partial charge on any atom is 0.343 e. The summed E-state index contributed by atoms with van der Waals surface area (Å²) in [6.07, 6.45) is 0. The lowest BCUT2D eigenvalue weighted by molar-refractivity contribution is -0.0182. The Hall–Kier alpha value is -2.19. The van der Waals surface area contributed by atoms with Crippen LogP contribution in [0, 0.1) is 12.7 Å². The van der Waals surface area contributed by atoms with Crippen molar-refractivity contribution in [2.24, 2.45) is 0 Å². The molecule has 8 heteroatoms. The molecule has 0 radical (unpaired) electrons. The summed E-state index contributed by atoms with van der Waals surface area (Å²) in [6, 6.07) is 2.65. The van der Waals surface area contributed by atoms with E-state index in [1.165, 1.54) is 23.7 Å². The van der Waals surface area contributed by atoms with Gasteiger partial charge in [-0.1, -0.05) is 0 Å². The highest BCUT2D eigenvalue weighted by Crippen LogP contribution is 2.31. The number of hydrogen-bond acceptors (Lipinski definition) is 7. The molecule has 1 aliphatic rings. The Bertz CT molecular complexity index is 747. The number of rotatable bonds is 4. The Morgan fingerprint density at radius 3 is 3.13 bits per heavy atom. The first kappa shape index (κ1) is 15.7. The Kier molecular flexibility index (Phi) is 4.44. The quantitative estimate of drug-likeness (QED) is 0.865. The number of fused-ring (bicyclic) bond motifs is 1. The van der Waals surface area contributed by atoms with Gasteiger partial charge in [-0.15, -0.1) is 0 Å². The topological polar surface area (TPSA) is 69.7 Å². The number of hydrogen-bond donors (Lipinski definition) is 1. The second-order valence-corrected chi connectivity index (χ2v) is 5.74. The molecular formula is C15H15FN2O4S. The van der Waals surface area contributed by atoms with Crippen molar-refractivity contribution in [3.8, 4) is 5.75 Å². The highest BCUT2D eigenvalue weighted by molar-refractivity contribution is 7.10. The lowest BCUT2D eigenvalue weighted by Gasteiger charge is -2.20. The van der Waals surface area contributed by atoms with Gasteiger partial charge >= 0.3 is 5.97 Å². The molecule has 0 atom stereocenters. The van der Waals surface area contributed by atoms with Crippen molar-refractivity contribution in [2.45, 2.75) is 20.1 Å². The zero-order valence-electron chi connectivity index (χ0n) is 12.6. The van der Waals surface area contributed by atoms with Gasteiger partial charge in [0.05, 0.1) is 12.3 Å². The van der Waals surface area contributed by atoms with Crippen LogP contribution in [0.25, 0.3) is 0 Å². The van der Waals surface area contributed by atoms with Crippen LogP contribution in [0.1, 0.15) is 27.2 Å². The number of aromatic nitrogens is 1. The Labute approximate surface area is 136 Å². The molecule has 0 unspecified atom stereocenters. The van der Waals surface area contributed by atoms with Crippen molar-refractivity contribution in [1.82, 2.24) is 4.37 Å². The molecule has 0 saturated heterocycles. The molecule has 0 fully saturated rings. The molecule has 1 N–H and O–H groups in total. The van der Waals surface area contributed by atoms with Gasteiger partial charge in [-0.05, 0) is 30.6 Å². The van der Waals surface area contributed by atoms with Crippen LogP contribution in [0.2, 0.25) is 0 Å². The van der Waals surface area contributed by atoms with Crippen molar-refractivity contribution in [3.05, 3.63) is 40.3 Å². The van der Waals surface area contributed by atoms with Gasteiger partial charge in [0.2, 0.25) is 0 Å². The number of esters is 1. The molecule has 0 aliphatic carbocycles. The molecule has 0 saturated carbocycles. The van der Waals surface area contributed by atoms with Crippen LogP contribution in [0.15, 0.2) is 12.1 Å². The van der Waals surface area contributed by atoms with E-state index in [4.69, 9.17) is 14.2 Å². The molecule has 23 heavy (non-hydrogen) atoms. The Morgan fingerprint density at radius 1 is 1.52 bits per heavy atom. The number of anilines is 1. The monoisotopic (exact) mass is 338 g/mol. The molecule has 1 aromatic heterocycles. The van der Waals surface area contributed by atoms with Crippen molar-refractivity contribution in [3.63, 3.8) is 0 Å². The number of carbonyl (C=O) groups is 1. The van der Waals surface area contributed by atoms with Crippen molar-refractivity contribution >= 4 is 22.5 Å². The van der Waals surface area contributed by atoms with E-state index in [0.29, 0.717) is 33.1 Å².